The number of rotatable bonds is 2. The van der Waals surface area contributed by atoms with Gasteiger partial charge in [0.1, 0.15) is 0 Å². The molecule has 0 fully saturated rings. The van der Waals surface area contributed by atoms with Crippen LogP contribution in [0, 0.1) is 5.92 Å². The van der Waals surface area contributed by atoms with Crippen LogP contribution in [0.4, 0.5) is 0 Å². The molecule has 1 aromatic heterocycles. The standard InChI is InChI=1S/C13H19NS/c1-8(2)10-5-14-6-12-13(10)11(7-15-12)9(3)4/h5-6,8-9,11H,7H2,1-4H3. The molecule has 0 spiro atoms. The van der Waals surface area contributed by atoms with Crippen molar-refractivity contribution in [2.45, 2.75) is 44.4 Å². The molecule has 0 radical (unpaired) electrons. The van der Waals surface area contributed by atoms with Crippen LogP contribution in [0.5, 0.6) is 0 Å². The van der Waals surface area contributed by atoms with Gasteiger partial charge in [0.25, 0.3) is 0 Å². The van der Waals surface area contributed by atoms with Gasteiger partial charge in [-0.15, -0.1) is 11.8 Å². The number of pyridine rings is 1. The van der Waals surface area contributed by atoms with Gasteiger partial charge in [0, 0.05) is 23.0 Å². The molecule has 1 unspecified atom stereocenters. The van der Waals surface area contributed by atoms with Gasteiger partial charge in [0.2, 0.25) is 0 Å². The summed E-state index contributed by atoms with van der Waals surface area (Å²) in [6, 6.07) is 0. The van der Waals surface area contributed by atoms with Gasteiger partial charge in [0.15, 0.2) is 0 Å². The topological polar surface area (TPSA) is 12.9 Å². The van der Waals surface area contributed by atoms with Crippen LogP contribution in [0.1, 0.15) is 50.7 Å². The summed E-state index contributed by atoms with van der Waals surface area (Å²) >= 11 is 1.97. The van der Waals surface area contributed by atoms with E-state index < -0.39 is 0 Å². The molecule has 1 atom stereocenters. The zero-order valence-corrected chi connectivity index (χ0v) is 10.8. The highest BCUT2D eigenvalue weighted by Crippen LogP contribution is 2.45. The van der Waals surface area contributed by atoms with E-state index in [0.29, 0.717) is 5.92 Å². The van der Waals surface area contributed by atoms with Gasteiger partial charge in [-0.25, -0.2) is 0 Å². The normalized spacial score (nSPS) is 20.0. The highest BCUT2D eigenvalue weighted by Gasteiger charge is 2.29. The van der Waals surface area contributed by atoms with Crippen molar-refractivity contribution in [1.29, 1.82) is 0 Å². The molecule has 1 nitrogen and oxygen atoms in total. The molecule has 0 saturated heterocycles. The summed E-state index contributed by atoms with van der Waals surface area (Å²) in [5.41, 5.74) is 3.04. The molecule has 2 heterocycles. The van der Waals surface area contributed by atoms with Crippen LogP contribution in [0.3, 0.4) is 0 Å². The Bertz CT molecular complexity index is 358. The largest absolute Gasteiger partial charge is 0.263 e. The third kappa shape index (κ3) is 1.92. The van der Waals surface area contributed by atoms with Crippen LogP contribution in [-0.2, 0) is 0 Å². The molecule has 1 aromatic rings. The molecule has 15 heavy (non-hydrogen) atoms. The van der Waals surface area contributed by atoms with Crippen molar-refractivity contribution in [2.24, 2.45) is 5.92 Å². The molecule has 0 bridgehead atoms. The highest BCUT2D eigenvalue weighted by atomic mass is 32.2. The van der Waals surface area contributed by atoms with E-state index in [1.54, 1.807) is 5.56 Å². The zero-order chi connectivity index (χ0) is 11.0. The number of nitrogens with zero attached hydrogens (tertiary/aromatic N) is 1. The van der Waals surface area contributed by atoms with Crippen molar-refractivity contribution in [3.63, 3.8) is 0 Å². The lowest BCUT2D eigenvalue weighted by Crippen LogP contribution is -2.09. The summed E-state index contributed by atoms with van der Waals surface area (Å²) < 4.78 is 0. The maximum atomic E-state index is 4.35. The minimum absolute atomic E-state index is 0.590. The lowest BCUT2D eigenvalue weighted by molar-refractivity contribution is 0.536. The quantitative estimate of drug-likeness (QED) is 0.747. The number of aromatic nitrogens is 1. The van der Waals surface area contributed by atoms with E-state index in [0.717, 1.165) is 11.8 Å². The Kier molecular flexibility index (Phi) is 3.06. The van der Waals surface area contributed by atoms with Gasteiger partial charge in [0.05, 0.1) is 0 Å². The monoisotopic (exact) mass is 221 g/mol. The van der Waals surface area contributed by atoms with Crippen molar-refractivity contribution >= 4 is 11.8 Å². The molecular weight excluding hydrogens is 202 g/mol. The SMILES string of the molecule is CC(C)c1cncc2c1C(C(C)C)CS2. The molecule has 1 aliphatic heterocycles. The van der Waals surface area contributed by atoms with E-state index >= 15 is 0 Å². The fourth-order valence-corrected chi connectivity index (χ4v) is 3.70. The van der Waals surface area contributed by atoms with Crippen molar-refractivity contribution in [3.05, 3.63) is 23.5 Å². The second-order valence-electron chi connectivity index (χ2n) is 4.96. The Morgan fingerprint density at radius 3 is 2.60 bits per heavy atom. The summed E-state index contributed by atoms with van der Waals surface area (Å²) in [4.78, 5) is 5.77. The Balaban J connectivity index is 2.48. The predicted molar refractivity (Wildman–Crippen MR) is 66.6 cm³/mol. The second kappa shape index (κ2) is 4.17. The average molecular weight is 221 g/mol. The van der Waals surface area contributed by atoms with Crippen molar-refractivity contribution in [2.75, 3.05) is 5.75 Å². The van der Waals surface area contributed by atoms with E-state index in [1.807, 2.05) is 18.0 Å². The Labute approximate surface area is 96.7 Å². The van der Waals surface area contributed by atoms with E-state index in [4.69, 9.17) is 0 Å². The van der Waals surface area contributed by atoms with Gasteiger partial charge < -0.3 is 0 Å². The van der Waals surface area contributed by atoms with Crippen LogP contribution in [0.2, 0.25) is 0 Å². The summed E-state index contributed by atoms with van der Waals surface area (Å²) in [6.45, 7) is 9.17. The van der Waals surface area contributed by atoms with Gasteiger partial charge >= 0.3 is 0 Å². The summed E-state index contributed by atoms with van der Waals surface area (Å²) in [6.07, 6.45) is 4.10. The minimum Gasteiger partial charge on any atom is -0.263 e. The van der Waals surface area contributed by atoms with E-state index in [1.165, 1.54) is 16.2 Å². The molecule has 1 aliphatic rings. The third-order valence-corrected chi connectivity index (χ3v) is 4.36. The summed E-state index contributed by atoms with van der Waals surface area (Å²) in [5, 5.41) is 0. The lowest BCUT2D eigenvalue weighted by atomic mass is 9.85. The minimum atomic E-state index is 0.590. The first-order chi connectivity index (χ1) is 7.11. The first kappa shape index (κ1) is 11.0. The van der Waals surface area contributed by atoms with E-state index in [9.17, 15) is 0 Å². The first-order valence-corrected chi connectivity index (χ1v) is 6.70. The maximum Gasteiger partial charge on any atom is 0.0407 e. The Morgan fingerprint density at radius 2 is 2.00 bits per heavy atom. The fraction of sp³-hybridized carbons (Fsp3) is 0.615. The zero-order valence-electron chi connectivity index (χ0n) is 9.95. The number of hydrogen-bond donors (Lipinski definition) is 0. The molecule has 82 valence electrons. The molecule has 2 heteroatoms. The average Bonchev–Trinajstić information content (AvgIpc) is 2.60. The van der Waals surface area contributed by atoms with Gasteiger partial charge in [-0.05, 0) is 28.9 Å². The van der Waals surface area contributed by atoms with Gasteiger partial charge in [-0.1, -0.05) is 27.7 Å². The Hall–Kier alpha value is -0.500. The van der Waals surface area contributed by atoms with Crippen LogP contribution in [-0.4, -0.2) is 10.7 Å². The van der Waals surface area contributed by atoms with Crippen molar-refractivity contribution < 1.29 is 0 Å². The number of hydrogen-bond acceptors (Lipinski definition) is 2. The molecule has 0 aliphatic carbocycles. The second-order valence-corrected chi connectivity index (χ2v) is 6.02. The number of thioether (sulfide) groups is 1. The predicted octanol–water partition coefficient (Wildman–Crippen LogP) is 4.05. The highest BCUT2D eigenvalue weighted by molar-refractivity contribution is 7.99. The van der Waals surface area contributed by atoms with Crippen LogP contribution < -0.4 is 0 Å². The molecule has 0 N–H and O–H groups in total. The van der Waals surface area contributed by atoms with Crippen molar-refractivity contribution in [1.82, 2.24) is 4.98 Å². The van der Waals surface area contributed by atoms with Crippen LogP contribution >= 0.6 is 11.8 Å². The van der Waals surface area contributed by atoms with Gasteiger partial charge in [-0.3, -0.25) is 4.98 Å². The van der Waals surface area contributed by atoms with Crippen LogP contribution in [0.15, 0.2) is 17.3 Å². The molecule has 0 amide bonds. The lowest BCUT2D eigenvalue weighted by Gasteiger charge is -2.19. The molecular formula is C13H19NS. The number of fused-ring (bicyclic) bond motifs is 1. The van der Waals surface area contributed by atoms with E-state index in [2.05, 4.69) is 38.9 Å². The molecule has 2 rings (SSSR count). The maximum absolute atomic E-state index is 4.35. The van der Waals surface area contributed by atoms with Crippen LogP contribution in [0.25, 0.3) is 0 Å². The summed E-state index contributed by atoms with van der Waals surface area (Å²) in [7, 11) is 0. The Morgan fingerprint density at radius 1 is 1.27 bits per heavy atom. The van der Waals surface area contributed by atoms with Crippen molar-refractivity contribution in [3.8, 4) is 0 Å². The smallest absolute Gasteiger partial charge is 0.0407 e. The van der Waals surface area contributed by atoms with Gasteiger partial charge in [-0.2, -0.15) is 0 Å². The van der Waals surface area contributed by atoms with E-state index in [-0.39, 0.29) is 0 Å². The molecule has 0 saturated carbocycles. The summed E-state index contributed by atoms with van der Waals surface area (Å²) in [5.74, 6) is 3.29. The molecule has 0 aromatic carbocycles. The first-order valence-electron chi connectivity index (χ1n) is 5.71. The fourth-order valence-electron chi connectivity index (χ4n) is 2.23. The third-order valence-electron chi connectivity index (χ3n) is 3.20.